The van der Waals surface area contributed by atoms with Crippen LogP contribution in [-0.4, -0.2) is 39.5 Å². The van der Waals surface area contributed by atoms with Gasteiger partial charge in [0.15, 0.2) is 5.82 Å². The number of aromatic nitrogens is 3. The summed E-state index contributed by atoms with van der Waals surface area (Å²) in [6.45, 7) is 7.04. The highest BCUT2D eigenvalue weighted by molar-refractivity contribution is 7.18. The van der Waals surface area contributed by atoms with E-state index in [0.717, 1.165) is 47.5 Å². The van der Waals surface area contributed by atoms with Crippen molar-refractivity contribution in [3.05, 3.63) is 53.3 Å². The number of hydrogen-bond donors (Lipinski definition) is 2. The standard InChI is InChI=1S/C19H22N6S/c1-2-8-25-9-5-13-15(11-25)26-19-16(13)17(14(21)10-20)23-18(24-19)12-3-6-22-7-4-12/h2-4,6-7,14H,1,5,8-11,20-21H2. The highest BCUT2D eigenvalue weighted by Gasteiger charge is 2.25. The van der Waals surface area contributed by atoms with E-state index in [9.17, 15) is 0 Å². The van der Waals surface area contributed by atoms with Crippen LogP contribution in [0, 0.1) is 0 Å². The van der Waals surface area contributed by atoms with E-state index in [-0.39, 0.29) is 6.04 Å². The highest BCUT2D eigenvalue weighted by atomic mass is 32.1. The van der Waals surface area contributed by atoms with Gasteiger partial charge in [0.2, 0.25) is 0 Å². The topological polar surface area (TPSA) is 94.0 Å². The molecule has 1 atom stereocenters. The van der Waals surface area contributed by atoms with Crippen LogP contribution in [0.2, 0.25) is 0 Å². The lowest BCUT2D eigenvalue weighted by atomic mass is 10.0. The third-order valence-corrected chi connectivity index (χ3v) is 5.85. The van der Waals surface area contributed by atoms with E-state index in [1.807, 2.05) is 18.2 Å². The van der Waals surface area contributed by atoms with Crippen molar-refractivity contribution in [2.45, 2.75) is 19.0 Å². The number of fused-ring (bicyclic) bond motifs is 3. The minimum atomic E-state index is -0.300. The lowest BCUT2D eigenvalue weighted by Crippen LogP contribution is -2.30. The molecule has 4 N–H and O–H groups in total. The molecule has 1 aliphatic rings. The number of rotatable bonds is 5. The molecule has 0 aromatic carbocycles. The predicted molar refractivity (Wildman–Crippen MR) is 106 cm³/mol. The minimum Gasteiger partial charge on any atom is -0.329 e. The molecule has 3 aromatic rings. The van der Waals surface area contributed by atoms with Gasteiger partial charge in [-0.1, -0.05) is 6.08 Å². The van der Waals surface area contributed by atoms with Crippen molar-refractivity contribution in [1.29, 1.82) is 0 Å². The Balaban J connectivity index is 1.88. The number of pyridine rings is 1. The summed E-state index contributed by atoms with van der Waals surface area (Å²) in [5.41, 5.74) is 15.3. The van der Waals surface area contributed by atoms with Gasteiger partial charge in [0.05, 0.1) is 11.7 Å². The fourth-order valence-corrected chi connectivity index (χ4v) is 4.69. The maximum atomic E-state index is 6.33. The maximum Gasteiger partial charge on any atom is 0.161 e. The summed E-state index contributed by atoms with van der Waals surface area (Å²) >= 11 is 1.74. The van der Waals surface area contributed by atoms with Crippen LogP contribution in [0.25, 0.3) is 21.6 Å². The molecule has 0 fully saturated rings. The van der Waals surface area contributed by atoms with Gasteiger partial charge in [-0.05, 0) is 24.1 Å². The van der Waals surface area contributed by atoms with Crippen molar-refractivity contribution >= 4 is 21.6 Å². The Labute approximate surface area is 156 Å². The molecule has 4 rings (SSSR count). The van der Waals surface area contributed by atoms with Crippen molar-refractivity contribution in [3.8, 4) is 11.4 Å². The van der Waals surface area contributed by atoms with Gasteiger partial charge in [0.1, 0.15) is 4.83 Å². The summed E-state index contributed by atoms with van der Waals surface area (Å²) in [5, 5.41) is 1.11. The smallest absolute Gasteiger partial charge is 0.161 e. The molecule has 0 aliphatic carbocycles. The molecule has 0 radical (unpaired) electrons. The van der Waals surface area contributed by atoms with Crippen LogP contribution in [0.3, 0.4) is 0 Å². The molecule has 1 aliphatic heterocycles. The fraction of sp³-hybridized carbons (Fsp3) is 0.316. The first-order valence-electron chi connectivity index (χ1n) is 8.72. The number of nitrogens with two attached hydrogens (primary N) is 2. The van der Waals surface area contributed by atoms with Crippen LogP contribution in [0.5, 0.6) is 0 Å². The van der Waals surface area contributed by atoms with Crippen LogP contribution in [0.1, 0.15) is 22.2 Å². The predicted octanol–water partition coefficient (Wildman–Crippen LogP) is 2.26. The Kier molecular flexibility index (Phi) is 4.78. The van der Waals surface area contributed by atoms with E-state index in [2.05, 4.69) is 16.5 Å². The van der Waals surface area contributed by atoms with Gasteiger partial charge in [-0.2, -0.15) is 0 Å². The quantitative estimate of drug-likeness (QED) is 0.673. The van der Waals surface area contributed by atoms with E-state index in [1.54, 1.807) is 23.7 Å². The molecule has 4 heterocycles. The van der Waals surface area contributed by atoms with Gasteiger partial charge in [0.25, 0.3) is 0 Å². The van der Waals surface area contributed by atoms with Gasteiger partial charge < -0.3 is 11.5 Å². The molecule has 0 saturated carbocycles. The van der Waals surface area contributed by atoms with Crippen LogP contribution in [0.15, 0.2) is 37.2 Å². The Morgan fingerprint density at radius 1 is 1.31 bits per heavy atom. The summed E-state index contributed by atoms with van der Waals surface area (Å²) in [6, 6.07) is 3.53. The molecule has 3 aromatic heterocycles. The van der Waals surface area contributed by atoms with Gasteiger partial charge >= 0.3 is 0 Å². The Morgan fingerprint density at radius 3 is 2.85 bits per heavy atom. The second kappa shape index (κ2) is 7.20. The molecule has 1 unspecified atom stereocenters. The van der Waals surface area contributed by atoms with E-state index in [1.165, 1.54) is 10.4 Å². The Hall–Kier alpha value is -2.19. The second-order valence-corrected chi connectivity index (χ2v) is 7.55. The molecule has 26 heavy (non-hydrogen) atoms. The van der Waals surface area contributed by atoms with Crippen LogP contribution in [0.4, 0.5) is 0 Å². The Morgan fingerprint density at radius 2 is 2.12 bits per heavy atom. The number of hydrogen-bond acceptors (Lipinski definition) is 7. The number of nitrogens with zero attached hydrogens (tertiary/aromatic N) is 4. The molecule has 0 spiro atoms. The second-order valence-electron chi connectivity index (χ2n) is 6.47. The lowest BCUT2D eigenvalue weighted by Gasteiger charge is -2.25. The van der Waals surface area contributed by atoms with Crippen LogP contribution < -0.4 is 11.5 Å². The van der Waals surface area contributed by atoms with Crippen molar-refractivity contribution < 1.29 is 0 Å². The van der Waals surface area contributed by atoms with Gasteiger partial charge in [-0.25, -0.2) is 9.97 Å². The summed E-state index contributed by atoms with van der Waals surface area (Å²) in [4.78, 5) is 18.5. The third kappa shape index (κ3) is 3.03. The fourth-order valence-electron chi connectivity index (χ4n) is 3.42. The summed E-state index contributed by atoms with van der Waals surface area (Å²) in [5.74, 6) is 0.681. The normalized spacial score (nSPS) is 15.8. The van der Waals surface area contributed by atoms with Gasteiger partial charge in [-0.3, -0.25) is 9.88 Å². The zero-order valence-electron chi connectivity index (χ0n) is 14.6. The summed E-state index contributed by atoms with van der Waals surface area (Å²) in [7, 11) is 0. The molecular formula is C19H22N6S. The minimum absolute atomic E-state index is 0.300. The SMILES string of the molecule is C=CCN1CCc2c(sc3nc(-c4ccncc4)nc(C(N)CN)c23)C1. The molecule has 0 bridgehead atoms. The summed E-state index contributed by atoms with van der Waals surface area (Å²) in [6.07, 6.45) is 6.43. The zero-order chi connectivity index (χ0) is 18.1. The monoisotopic (exact) mass is 366 g/mol. The highest BCUT2D eigenvalue weighted by Crippen LogP contribution is 2.38. The largest absolute Gasteiger partial charge is 0.329 e. The molecule has 7 heteroatoms. The maximum absolute atomic E-state index is 6.33. The first-order chi connectivity index (χ1) is 12.7. The average Bonchev–Trinajstić information content (AvgIpc) is 3.05. The van der Waals surface area contributed by atoms with Crippen LogP contribution >= 0.6 is 11.3 Å². The Bertz CT molecular complexity index is 936. The van der Waals surface area contributed by atoms with Crippen molar-refractivity contribution in [2.75, 3.05) is 19.6 Å². The third-order valence-electron chi connectivity index (χ3n) is 4.74. The number of thiophene rings is 1. The van der Waals surface area contributed by atoms with E-state index in [0.29, 0.717) is 12.4 Å². The van der Waals surface area contributed by atoms with E-state index in [4.69, 9.17) is 21.4 Å². The summed E-state index contributed by atoms with van der Waals surface area (Å²) < 4.78 is 0. The van der Waals surface area contributed by atoms with Gasteiger partial charge in [-0.15, -0.1) is 17.9 Å². The van der Waals surface area contributed by atoms with Crippen molar-refractivity contribution in [3.63, 3.8) is 0 Å². The lowest BCUT2D eigenvalue weighted by molar-refractivity contribution is 0.286. The van der Waals surface area contributed by atoms with Crippen LogP contribution in [-0.2, 0) is 13.0 Å². The van der Waals surface area contributed by atoms with E-state index >= 15 is 0 Å². The first kappa shape index (κ1) is 17.2. The molecule has 6 nitrogen and oxygen atoms in total. The van der Waals surface area contributed by atoms with Crippen molar-refractivity contribution in [1.82, 2.24) is 19.9 Å². The molecule has 0 amide bonds. The molecule has 134 valence electrons. The molecular weight excluding hydrogens is 344 g/mol. The van der Waals surface area contributed by atoms with Crippen molar-refractivity contribution in [2.24, 2.45) is 11.5 Å². The average molecular weight is 366 g/mol. The molecule has 0 saturated heterocycles. The zero-order valence-corrected chi connectivity index (χ0v) is 15.4. The first-order valence-corrected chi connectivity index (χ1v) is 9.54. The van der Waals surface area contributed by atoms with Gasteiger partial charge in [0, 0.05) is 54.4 Å². The van der Waals surface area contributed by atoms with E-state index < -0.39 is 0 Å².